The summed E-state index contributed by atoms with van der Waals surface area (Å²) in [5.74, 6) is -0.0366. The van der Waals surface area contributed by atoms with E-state index in [0.717, 1.165) is 0 Å². The van der Waals surface area contributed by atoms with Crippen LogP contribution < -0.4 is 5.32 Å². The maximum Gasteiger partial charge on any atom is 0.289 e. The topological polar surface area (TPSA) is 54.9 Å². The van der Waals surface area contributed by atoms with Crippen molar-refractivity contribution in [2.45, 2.75) is 26.3 Å². The van der Waals surface area contributed by atoms with Gasteiger partial charge in [-0.05, 0) is 26.8 Å². The van der Waals surface area contributed by atoms with Gasteiger partial charge in [-0.2, -0.15) is 0 Å². The van der Waals surface area contributed by atoms with Gasteiger partial charge in [0.1, 0.15) is 0 Å². The second kappa shape index (κ2) is 3.51. The fourth-order valence-corrected chi connectivity index (χ4v) is 0.813. The van der Waals surface area contributed by atoms with Crippen LogP contribution in [-0.4, -0.2) is 21.4 Å². The Balaban J connectivity index is 2.71. The quantitative estimate of drug-likeness (QED) is 0.699. The third-order valence-corrected chi connectivity index (χ3v) is 1.26. The van der Waals surface area contributed by atoms with E-state index >= 15 is 0 Å². The molecule has 0 fully saturated rings. The van der Waals surface area contributed by atoms with E-state index in [9.17, 15) is 4.79 Å². The zero-order chi connectivity index (χ0) is 9.90. The number of amides is 1. The minimum atomic E-state index is -0.254. The van der Waals surface area contributed by atoms with Crippen molar-refractivity contribution in [1.29, 1.82) is 0 Å². The zero-order valence-electron chi connectivity index (χ0n) is 8.03. The summed E-state index contributed by atoms with van der Waals surface area (Å²) in [4.78, 5) is 19.1. The highest BCUT2D eigenvalue weighted by atomic mass is 16.2. The second-order valence-corrected chi connectivity index (χ2v) is 3.78. The van der Waals surface area contributed by atoms with Gasteiger partial charge >= 0.3 is 0 Å². The van der Waals surface area contributed by atoms with Crippen LogP contribution in [-0.2, 0) is 0 Å². The summed E-state index contributed by atoms with van der Waals surface area (Å²) in [6.07, 6.45) is 3.09. The smallest absolute Gasteiger partial charge is 0.289 e. The monoisotopic (exact) mass is 179 g/mol. The molecule has 0 saturated carbocycles. The molecular formula is C9H13N3O. The minimum Gasteiger partial charge on any atom is -0.345 e. The first-order valence-electron chi connectivity index (χ1n) is 4.08. The van der Waals surface area contributed by atoms with Gasteiger partial charge in [0.2, 0.25) is 5.82 Å². The molecule has 1 N–H and O–H groups in total. The Hall–Kier alpha value is -1.45. The van der Waals surface area contributed by atoms with Gasteiger partial charge in [-0.3, -0.25) is 4.79 Å². The Morgan fingerprint density at radius 3 is 2.31 bits per heavy atom. The lowest BCUT2D eigenvalue weighted by Crippen LogP contribution is -2.41. The van der Waals surface area contributed by atoms with Gasteiger partial charge < -0.3 is 5.32 Å². The van der Waals surface area contributed by atoms with Crippen LogP contribution in [0.2, 0.25) is 0 Å². The van der Waals surface area contributed by atoms with E-state index in [0.29, 0.717) is 0 Å². The molecular weight excluding hydrogens is 166 g/mol. The Morgan fingerprint density at radius 1 is 1.31 bits per heavy atom. The lowest BCUT2D eigenvalue weighted by Gasteiger charge is -2.19. The molecule has 0 radical (unpaired) electrons. The molecule has 70 valence electrons. The molecule has 0 saturated heterocycles. The molecule has 0 aliphatic carbocycles. The van der Waals surface area contributed by atoms with E-state index in [1.165, 1.54) is 0 Å². The number of nitrogens with zero attached hydrogens (tertiary/aromatic N) is 2. The molecule has 1 heterocycles. The van der Waals surface area contributed by atoms with Gasteiger partial charge in [0.15, 0.2) is 0 Å². The van der Waals surface area contributed by atoms with Gasteiger partial charge in [0, 0.05) is 17.9 Å². The Labute approximate surface area is 77.4 Å². The zero-order valence-corrected chi connectivity index (χ0v) is 8.03. The van der Waals surface area contributed by atoms with Gasteiger partial charge in [-0.15, -0.1) is 0 Å². The molecule has 1 amide bonds. The normalized spacial score (nSPS) is 11.0. The van der Waals surface area contributed by atoms with Gasteiger partial charge in [0.05, 0.1) is 0 Å². The van der Waals surface area contributed by atoms with E-state index in [2.05, 4.69) is 15.3 Å². The van der Waals surface area contributed by atoms with E-state index in [4.69, 9.17) is 0 Å². The summed E-state index contributed by atoms with van der Waals surface area (Å²) in [5, 5.41) is 2.77. The fraction of sp³-hybridized carbons (Fsp3) is 0.444. The van der Waals surface area contributed by atoms with Crippen LogP contribution in [0, 0.1) is 0 Å². The van der Waals surface area contributed by atoms with E-state index in [1.807, 2.05) is 20.8 Å². The van der Waals surface area contributed by atoms with Crippen molar-refractivity contribution < 1.29 is 4.79 Å². The molecule has 4 nitrogen and oxygen atoms in total. The van der Waals surface area contributed by atoms with Crippen LogP contribution in [0.25, 0.3) is 0 Å². The molecule has 1 aromatic rings. The molecule has 4 heteroatoms. The number of hydrogen-bond acceptors (Lipinski definition) is 3. The predicted octanol–water partition coefficient (Wildman–Crippen LogP) is 1.00. The molecule has 0 bridgehead atoms. The summed E-state index contributed by atoms with van der Waals surface area (Å²) in [5.41, 5.74) is -0.254. The van der Waals surface area contributed by atoms with E-state index in [1.54, 1.807) is 18.5 Å². The lowest BCUT2D eigenvalue weighted by atomic mass is 10.1. The Kier molecular flexibility index (Phi) is 2.60. The summed E-state index contributed by atoms with van der Waals surface area (Å²) in [6, 6.07) is 1.67. The average Bonchev–Trinajstić information content (AvgIpc) is 2.03. The van der Waals surface area contributed by atoms with Gasteiger partial charge in [-0.25, -0.2) is 9.97 Å². The van der Waals surface area contributed by atoms with Crippen molar-refractivity contribution in [2.24, 2.45) is 0 Å². The van der Waals surface area contributed by atoms with Crippen molar-refractivity contribution in [1.82, 2.24) is 15.3 Å². The molecule has 1 aromatic heterocycles. The molecule has 0 aliphatic rings. The number of rotatable bonds is 1. The highest BCUT2D eigenvalue weighted by Crippen LogP contribution is 2.00. The lowest BCUT2D eigenvalue weighted by molar-refractivity contribution is 0.0909. The molecule has 13 heavy (non-hydrogen) atoms. The molecule has 0 atom stereocenters. The van der Waals surface area contributed by atoms with Crippen LogP contribution in [0.15, 0.2) is 18.5 Å². The van der Waals surface area contributed by atoms with Gasteiger partial charge in [-0.1, -0.05) is 0 Å². The number of carbonyl (C=O) groups is 1. The SMILES string of the molecule is CC(C)(C)NC(=O)c1ncccn1. The van der Waals surface area contributed by atoms with Crippen LogP contribution in [0.3, 0.4) is 0 Å². The van der Waals surface area contributed by atoms with Crippen LogP contribution in [0.4, 0.5) is 0 Å². The van der Waals surface area contributed by atoms with Crippen molar-refractivity contribution in [3.63, 3.8) is 0 Å². The van der Waals surface area contributed by atoms with Crippen molar-refractivity contribution in [2.75, 3.05) is 0 Å². The minimum absolute atomic E-state index is 0.206. The summed E-state index contributed by atoms with van der Waals surface area (Å²) < 4.78 is 0. The summed E-state index contributed by atoms with van der Waals surface area (Å²) in [7, 11) is 0. The highest BCUT2D eigenvalue weighted by Gasteiger charge is 2.16. The Bertz CT molecular complexity index is 289. The number of carbonyl (C=O) groups excluding carboxylic acids is 1. The second-order valence-electron chi connectivity index (χ2n) is 3.78. The highest BCUT2D eigenvalue weighted by molar-refractivity contribution is 5.90. The molecule has 0 spiro atoms. The van der Waals surface area contributed by atoms with Crippen LogP contribution >= 0.6 is 0 Å². The average molecular weight is 179 g/mol. The molecule has 1 rings (SSSR count). The predicted molar refractivity (Wildman–Crippen MR) is 49.3 cm³/mol. The number of nitrogens with one attached hydrogen (secondary N) is 1. The Morgan fingerprint density at radius 2 is 1.85 bits per heavy atom. The first kappa shape index (κ1) is 9.64. The first-order chi connectivity index (χ1) is 5.99. The van der Waals surface area contributed by atoms with E-state index in [-0.39, 0.29) is 17.3 Å². The fourth-order valence-electron chi connectivity index (χ4n) is 0.813. The third-order valence-electron chi connectivity index (χ3n) is 1.26. The summed E-state index contributed by atoms with van der Waals surface area (Å²) in [6.45, 7) is 5.73. The van der Waals surface area contributed by atoms with E-state index < -0.39 is 0 Å². The third kappa shape index (κ3) is 3.19. The number of hydrogen-bond donors (Lipinski definition) is 1. The largest absolute Gasteiger partial charge is 0.345 e. The maximum absolute atomic E-state index is 11.4. The van der Waals surface area contributed by atoms with Crippen LogP contribution in [0.1, 0.15) is 31.4 Å². The standard InChI is InChI=1S/C9H13N3O/c1-9(2,3)12-8(13)7-10-5-4-6-11-7/h4-6H,1-3H3,(H,12,13). The summed E-state index contributed by atoms with van der Waals surface area (Å²) >= 11 is 0. The number of aromatic nitrogens is 2. The van der Waals surface area contributed by atoms with Gasteiger partial charge in [0.25, 0.3) is 5.91 Å². The maximum atomic E-state index is 11.4. The van der Waals surface area contributed by atoms with Crippen LogP contribution in [0.5, 0.6) is 0 Å². The van der Waals surface area contributed by atoms with Crippen molar-refractivity contribution >= 4 is 5.91 Å². The first-order valence-corrected chi connectivity index (χ1v) is 4.08. The molecule has 0 unspecified atom stereocenters. The van der Waals surface area contributed by atoms with Crippen molar-refractivity contribution in [3.05, 3.63) is 24.3 Å². The molecule has 0 aromatic carbocycles. The van der Waals surface area contributed by atoms with Crippen molar-refractivity contribution in [3.8, 4) is 0 Å². The molecule has 0 aliphatic heterocycles.